The minimum Gasteiger partial charge on any atom is -0.486 e. The van der Waals surface area contributed by atoms with Crippen LogP contribution in [0.15, 0.2) is 58.5 Å². The first kappa shape index (κ1) is 21.1. The monoisotopic (exact) mass is 462 g/mol. The van der Waals surface area contributed by atoms with Crippen molar-refractivity contribution in [2.75, 3.05) is 23.8 Å². The molecule has 168 valence electrons. The van der Waals surface area contributed by atoms with Crippen LogP contribution in [0.5, 0.6) is 11.5 Å². The van der Waals surface area contributed by atoms with E-state index in [0.29, 0.717) is 47.7 Å². The Morgan fingerprint density at radius 2 is 1.73 bits per heavy atom. The summed E-state index contributed by atoms with van der Waals surface area (Å²) < 4.78 is 12.8. The zero-order valence-corrected chi connectivity index (χ0v) is 19.0. The number of nitrogens with one attached hydrogen (secondary N) is 2. The van der Waals surface area contributed by atoms with E-state index in [-0.39, 0.29) is 6.03 Å². The van der Waals surface area contributed by atoms with Crippen LogP contribution in [-0.2, 0) is 6.42 Å². The van der Waals surface area contributed by atoms with E-state index in [1.165, 1.54) is 0 Å². The highest BCUT2D eigenvalue weighted by Crippen LogP contribution is 2.33. The number of hydrogen-bond acceptors (Lipinski definition) is 7. The van der Waals surface area contributed by atoms with Crippen LogP contribution in [0.25, 0.3) is 5.78 Å². The normalized spacial score (nSPS) is 12.5. The third-order valence-electron chi connectivity index (χ3n) is 4.94. The summed E-state index contributed by atoms with van der Waals surface area (Å²) in [5, 5.41) is 11.0. The molecule has 10 heteroatoms. The van der Waals surface area contributed by atoms with Crippen LogP contribution in [0.2, 0.25) is 0 Å². The molecule has 4 aromatic rings. The summed E-state index contributed by atoms with van der Waals surface area (Å²) in [6.07, 6.45) is 0.817. The SMILES string of the molecule is CCc1cc(Sc2ccc(NC(=O)Nc3ccc4c(c3)OCCO4)cc2)n2nc(C)nc2n1. The van der Waals surface area contributed by atoms with E-state index in [2.05, 4.69) is 32.6 Å². The van der Waals surface area contributed by atoms with Gasteiger partial charge in [-0.2, -0.15) is 9.50 Å². The fourth-order valence-corrected chi connectivity index (χ4v) is 4.30. The van der Waals surface area contributed by atoms with Gasteiger partial charge < -0.3 is 20.1 Å². The van der Waals surface area contributed by atoms with Gasteiger partial charge in [0.2, 0.25) is 0 Å². The van der Waals surface area contributed by atoms with Gasteiger partial charge in [0.25, 0.3) is 5.78 Å². The van der Waals surface area contributed by atoms with Crippen LogP contribution in [0.4, 0.5) is 16.2 Å². The maximum absolute atomic E-state index is 12.4. The lowest BCUT2D eigenvalue weighted by Gasteiger charge is -2.19. The summed E-state index contributed by atoms with van der Waals surface area (Å²) in [7, 11) is 0. The van der Waals surface area contributed by atoms with E-state index < -0.39 is 0 Å². The first-order valence-corrected chi connectivity index (χ1v) is 11.4. The minimum absolute atomic E-state index is 0.339. The second-order valence-electron chi connectivity index (χ2n) is 7.37. The molecule has 33 heavy (non-hydrogen) atoms. The molecule has 1 aliphatic rings. The van der Waals surface area contributed by atoms with E-state index in [0.717, 1.165) is 22.0 Å². The molecule has 0 unspecified atom stereocenters. The highest BCUT2D eigenvalue weighted by Gasteiger charge is 2.13. The number of ether oxygens (including phenoxy) is 2. The Labute approximate surface area is 194 Å². The van der Waals surface area contributed by atoms with Gasteiger partial charge in [-0.05, 0) is 55.8 Å². The summed E-state index contributed by atoms with van der Waals surface area (Å²) in [6.45, 7) is 4.94. The highest BCUT2D eigenvalue weighted by molar-refractivity contribution is 7.99. The molecule has 2 amide bonds. The molecule has 0 saturated heterocycles. The molecule has 0 spiro atoms. The Morgan fingerprint density at radius 3 is 2.52 bits per heavy atom. The van der Waals surface area contributed by atoms with Crippen molar-refractivity contribution < 1.29 is 14.3 Å². The maximum atomic E-state index is 12.4. The van der Waals surface area contributed by atoms with E-state index in [1.54, 1.807) is 34.5 Å². The number of urea groups is 1. The van der Waals surface area contributed by atoms with Crippen LogP contribution >= 0.6 is 11.8 Å². The number of carbonyl (C=O) groups is 1. The molecule has 0 bridgehead atoms. The van der Waals surface area contributed by atoms with Crippen molar-refractivity contribution in [3.8, 4) is 11.5 Å². The highest BCUT2D eigenvalue weighted by atomic mass is 32.2. The molecule has 0 radical (unpaired) electrons. The van der Waals surface area contributed by atoms with Crippen LogP contribution in [0.3, 0.4) is 0 Å². The molecule has 2 aromatic carbocycles. The number of hydrogen-bond donors (Lipinski definition) is 2. The fourth-order valence-electron chi connectivity index (χ4n) is 3.38. The van der Waals surface area contributed by atoms with Gasteiger partial charge in [0.05, 0.1) is 0 Å². The summed E-state index contributed by atoms with van der Waals surface area (Å²) in [4.78, 5) is 22.3. The van der Waals surface area contributed by atoms with E-state index in [1.807, 2.05) is 37.3 Å². The molecule has 0 aliphatic carbocycles. The number of nitrogens with zero attached hydrogens (tertiary/aromatic N) is 4. The summed E-state index contributed by atoms with van der Waals surface area (Å²) >= 11 is 1.57. The van der Waals surface area contributed by atoms with Gasteiger partial charge in [0.1, 0.15) is 24.1 Å². The average Bonchev–Trinajstić information content (AvgIpc) is 3.20. The lowest BCUT2D eigenvalue weighted by molar-refractivity contribution is 0.171. The Balaban J connectivity index is 1.25. The van der Waals surface area contributed by atoms with Crippen molar-refractivity contribution in [2.45, 2.75) is 30.2 Å². The zero-order chi connectivity index (χ0) is 22.8. The van der Waals surface area contributed by atoms with Gasteiger partial charge in [0, 0.05) is 28.0 Å². The second-order valence-corrected chi connectivity index (χ2v) is 8.47. The number of amides is 2. The van der Waals surface area contributed by atoms with Crippen molar-refractivity contribution in [2.24, 2.45) is 0 Å². The summed E-state index contributed by atoms with van der Waals surface area (Å²) in [6, 6.07) is 14.6. The Kier molecular flexibility index (Phi) is 5.74. The lowest BCUT2D eigenvalue weighted by Crippen LogP contribution is -2.20. The van der Waals surface area contributed by atoms with Crippen molar-refractivity contribution in [1.82, 2.24) is 19.6 Å². The third kappa shape index (κ3) is 4.70. The summed E-state index contributed by atoms with van der Waals surface area (Å²) in [5.41, 5.74) is 2.27. The van der Waals surface area contributed by atoms with Crippen molar-refractivity contribution >= 4 is 34.9 Å². The maximum Gasteiger partial charge on any atom is 0.323 e. The standard InChI is InChI=1S/C23H22N6O3S/c1-3-15-13-21(29-22(25-15)24-14(2)28-29)33-18-7-4-16(5-8-18)26-23(30)27-17-6-9-19-20(12-17)32-11-10-31-19/h4-9,12-13H,3,10-11H2,1-2H3,(H2,26,27,30). The lowest BCUT2D eigenvalue weighted by atomic mass is 10.2. The van der Waals surface area contributed by atoms with Gasteiger partial charge in [-0.3, -0.25) is 0 Å². The number of fused-ring (bicyclic) bond motifs is 2. The minimum atomic E-state index is -0.339. The molecule has 0 atom stereocenters. The molecular weight excluding hydrogens is 440 g/mol. The third-order valence-corrected chi connectivity index (χ3v) is 5.94. The summed E-state index contributed by atoms with van der Waals surface area (Å²) in [5.74, 6) is 2.59. The molecule has 0 fully saturated rings. The van der Waals surface area contributed by atoms with Gasteiger partial charge >= 0.3 is 6.03 Å². The van der Waals surface area contributed by atoms with Gasteiger partial charge in [-0.1, -0.05) is 18.7 Å². The van der Waals surface area contributed by atoms with Crippen LogP contribution in [-0.4, -0.2) is 38.8 Å². The van der Waals surface area contributed by atoms with Crippen LogP contribution in [0.1, 0.15) is 18.4 Å². The second kappa shape index (κ2) is 8.99. The predicted molar refractivity (Wildman–Crippen MR) is 126 cm³/mol. The number of aryl methyl sites for hydroxylation is 2. The molecule has 1 aliphatic heterocycles. The first-order valence-electron chi connectivity index (χ1n) is 10.6. The number of aromatic nitrogens is 4. The zero-order valence-electron chi connectivity index (χ0n) is 18.2. The largest absolute Gasteiger partial charge is 0.486 e. The van der Waals surface area contributed by atoms with E-state index >= 15 is 0 Å². The molecule has 5 rings (SSSR count). The molecule has 3 heterocycles. The fraction of sp³-hybridized carbons (Fsp3) is 0.217. The van der Waals surface area contributed by atoms with Gasteiger partial charge in [-0.15, -0.1) is 5.10 Å². The quantitative estimate of drug-likeness (QED) is 0.419. The van der Waals surface area contributed by atoms with Crippen molar-refractivity contribution in [3.63, 3.8) is 0 Å². The molecule has 9 nitrogen and oxygen atoms in total. The smallest absolute Gasteiger partial charge is 0.323 e. The Hall–Kier alpha value is -3.79. The molecule has 2 aromatic heterocycles. The average molecular weight is 463 g/mol. The topological polar surface area (TPSA) is 103 Å². The van der Waals surface area contributed by atoms with Crippen LogP contribution < -0.4 is 20.1 Å². The first-order chi connectivity index (χ1) is 16.1. The molecule has 2 N–H and O–H groups in total. The molecule has 0 saturated carbocycles. The number of benzene rings is 2. The Bertz CT molecular complexity index is 1320. The number of anilines is 2. The van der Waals surface area contributed by atoms with E-state index in [9.17, 15) is 4.79 Å². The molecular formula is C23H22N6O3S. The number of carbonyl (C=O) groups excluding carboxylic acids is 1. The number of rotatable bonds is 5. The van der Waals surface area contributed by atoms with E-state index in [4.69, 9.17) is 9.47 Å². The van der Waals surface area contributed by atoms with Crippen molar-refractivity contribution in [1.29, 1.82) is 0 Å². The van der Waals surface area contributed by atoms with Crippen LogP contribution in [0, 0.1) is 6.92 Å². The Morgan fingerprint density at radius 1 is 1.00 bits per heavy atom. The van der Waals surface area contributed by atoms with Crippen molar-refractivity contribution in [3.05, 3.63) is 60.0 Å². The van der Waals surface area contributed by atoms with Gasteiger partial charge in [-0.25, -0.2) is 9.78 Å². The predicted octanol–water partition coefficient (Wildman–Crippen LogP) is 4.56. The van der Waals surface area contributed by atoms with Gasteiger partial charge in [0.15, 0.2) is 11.5 Å².